The van der Waals surface area contributed by atoms with Gasteiger partial charge in [-0.15, -0.1) is 0 Å². The quantitative estimate of drug-likeness (QED) is 0.666. The predicted octanol–water partition coefficient (Wildman–Crippen LogP) is 5.48. The van der Waals surface area contributed by atoms with Crippen LogP contribution in [0, 0.1) is 0 Å². The van der Waals surface area contributed by atoms with Gasteiger partial charge in [-0.05, 0) is 46.2 Å². The van der Waals surface area contributed by atoms with E-state index >= 15 is 0 Å². The minimum absolute atomic E-state index is 0.00676. The zero-order valence-corrected chi connectivity index (χ0v) is 15.7. The van der Waals surface area contributed by atoms with E-state index in [2.05, 4.69) is 41.5 Å². The molecule has 0 fully saturated rings. The lowest BCUT2D eigenvalue weighted by atomic mass is 9.87. The van der Waals surface area contributed by atoms with Crippen LogP contribution in [0.3, 0.4) is 0 Å². The van der Waals surface area contributed by atoms with Gasteiger partial charge in [0.05, 0.1) is 0 Å². The van der Waals surface area contributed by atoms with Crippen LogP contribution in [-0.4, -0.2) is 0 Å². The monoisotopic (exact) mass is 332 g/mol. The summed E-state index contributed by atoms with van der Waals surface area (Å²) in [5.41, 5.74) is 2.19. The highest BCUT2D eigenvalue weighted by molar-refractivity contribution is 7.74. The average Bonchev–Trinajstić information content (AvgIpc) is 2.46. The second-order valence-electron chi connectivity index (χ2n) is 8.13. The van der Waals surface area contributed by atoms with Crippen LogP contribution in [0.15, 0.2) is 48.5 Å². The van der Waals surface area contributed by atoms with Crippen molar-refractivity contribution in [3.63, 3.8) is 0 Å². The van der Waals surface area contributed by atoms with E-state index < -0.39 is 7.45 Å². The van der Waals surface area contributed by atoms with E-state index in [-0.39, 0.29) is 21.4 Å². The second-order valence-corrected chi connectivity index (χ2v) is 10.2. The number of hydrogen-bond donors (Lipinski definition) is 0. The van der Waals surface area contributed by atoms with Crippen molar-refractivity contribution < 1.29 is 8.76 Å². The van der Waals surface area contributed by atoms with Crippen LogP contribution in [-0.2, 0) is 15.4 Å². The Morgan fingerprint density at radius 1 is 0.652 bits per heavy atom. The molecule has 0 aliphatic rings. The number of hydrogen-bond acceptors (Lipinski definition) is 1. The molecule has 0 unspecified atom stereocenters. The summed E-state index contributed by atoms with van der Waals surface area (Å²) in [5, 5.41) is 0.517. The molecule has 0 saturated heterocycles. The topological polar surface area (TPSA) is 17.1 Å². The lowest BCUT2D eigenvalue weighted by Crippen LogP contribution is -2.17. The Bertz CT molecular complexity index is 655. The molecule has 0 aromatic heterocycles. The normalized spacial score (nSPS) is 13.2. The molecule has 2 aromatic carbocycles. The van der Waals surface area contributed by atoms with Crippen LogP contribution in [0.25, 0.3) is 0 Å². The van der Waals surface area contributed by atoms with Crippen molar-refractivity contribution in [2.45, 2.75) is 52.4 Å². The molecule has 0 bridgehead atoms. The first-order chi connectivity index (χ1) is 10.4. The zero-order chi connectivity index (χ0) is 17.5. The summed E-state index contributed by atoms with van der Waals surface area (Å²) in [7, 11) is -4.04. The third-order valence-electron chi connectivity index (χ3n) is 4.13. The maximum absolute atomic E-state index is 15.0. The van der Waals surface area contributed by atoms with Crippen molar-refractivity contribution >= 4 is 18.1 Å². The van der Waals surface area contributed by atoms with E-state index in [9.17, 15) is 8.76 Å². The molecule has 0 aliphatic heterocycles. The van der Waals surface area contributed by atoms with E-state index in [1.165, 1.54) is 0 Å². The highest BCUT2D eigenvalue weighted by atomic mass is 31.2. The van der Waals surface area contributed by atoms with Crippen LogP contribution >= 0.6 is 7.45 Å². The molecule has 23 heavy (non-hydrogen) atoms. The van der Waals surface area contributed by atoms with E-state index in [1.807, 2.05) is 24.3 Å². The summed E-state index contributed by atoms with van der Waals surface area (Å²) in [6, 6.07) is 14.1. The molecule has 0 saturated carbocycles. The first-order valence-corrected chi connectivity index (χ1v) is 9.54. The second kappa shape index (κ2) is 5.91. The minimum atomic E-state index is -4.04. The van der Waals surface area contributed by atoms with Crippen LogP contribution in [0.4, 0.5) is 4.20 Å². The van der Waals surface area contributed by atoms with Gasteiger partial charge in [-0.2, -0.15) is 4.20 Å². The van der Waals surface area contributed by atoms with E-state index in [4.69, 9.17) is 0 Å². The van der Waals surface area contributed by atoms with Gasteiger partial charge in [-0.1, -0.05) is 65.8 Å². The predicted molar refractivity (Wildman–Crippen MR) is 98.3 cm³/mol. The fourth-order valence-corrected chi connectivity index (χ4v) is 3.82. The molecular formula is C20H26FOP. The van der Waals surface area contributed by atoms with Gasteiger partial charge in [0.15, 0.2) is 0 Å². The lowest BCUT2D eigenvalue weighted by Gasteiger charge is -2.21. The summed E-state index contributed by atoms with van der Waals surface area (Å²) in [6.07, 6.45) is 0. The van der Waals surface area contributed by atoms with Crippen molar-refractivity contribution in [1.82, 2.24) is 0 Å². The van der Waals surface area contributed by atoms with E-state index in [0.717, 1.165) is 11.1 Å². The maximum atomic E-state index is 15.0. The summed E-state index contributed by atoms with van der Waals surface area (Å²) in [5.74, 6) is 0. The maximum Gasteiger partial charge on any atom is 0.300 e. The molecule has 3 heteroatoms. The third kappa shape index (κ3) is 3.93. The van der Waals surface area contributed by atoms with E-state index in [0.29, 0.717) is 0 Å². The first-order valence-electron chi connectivity index (χ1n) is 7.94. The van der Waals surface area contributed by atoms with Gasteiger partial charge < -0.3 is 0 Å². The molecule has 0 radical (unpaired) electrons. The van der Waals surface area contributed by atoms with Gasteiger partial charge in [0.2, 0.25) is 0 Å². The lowest BCUT2D eigenvalue weighted by molar-refractivity contribution is 0.557. The van der Waals surface area contributed by atoms with Crippen molar-refractivity contribution in [2.24, 2.45) is 0 Å². The molecule has 0 N–H and O–H groups in total. The molecule has 0 spiro atoms. The van der Waals surface area contributed by atoms with Gasteiger partial charge >= 0.3 is 0 Å². The van der Waals surface area contributed by atoms with Crippen LogP contribution < -0.4 is 10.6 Å². The molecule has 1 nitrogen and oxygen atoms in total. The Morgan fingerprint density at radius 2 is 0.913 bits per heavy atom. The van der Waals surface area contributed by atoms with Crippen LogP contribution in [0.5, 0.6) is 0 Å². The Labute approximate surface area is 139 Å². The van der Waals surface area contributed by atoms with Crippen LogP contribution in [0.2, 0.25) is 0 Å². The molecule has 2 rings (SSSR count). The molecule has 124 valence electrons. The molecule has 0 amide bonds. The first kappa shape index (κ1) is 17.9. The minimum Gasteiger partial charge on any atom is -0.277 e. The zero-order valence-electron chi connectivity index (χ0n) is 14.9. The molecule has 0 aliphatic carbocycles. The van der Waals surface area contributed by atoms with E-state index in [1.54, 1.807) is 24.3 Å². The summed E-state index contributed by atoms with van der Waals surface area (Å²) in [4.78, 5) is 0. The van der Waals surface area contributed by atoms with Crippen molar-refractivity contribution in [3.8, 4) is 0 Å². The van der Waals surface area contributed by atoms with Crippen molar-refractivity contribution in [3.05, 3.63) is 59.7 Å². The Hall–Kier alpha value is -1.40. The Kier molecular flexibility index (Phi) is 4.61. The molecule has 2 aromatic rings. The summed E-state index contributed by atoms with van der Waals surface area (Å²) >= 11 is 0. The van der Waals surface area contributed by atoms with Gasteiger partial charge in [0.25, 0.3) is 7.45 Å². The summed E-state index contributed by atoms with van der Waals surface area (Å²) in [6.45, 7) is 12.6. The molecular weight excluding hydrogens is 306 g/mol. The van der Waals surface area contributed by atoms with Gasteiger partial charge in [0, 0.05) is 10.6 Å². The largest absolute Gasteiger partial charge is 0.300 e. The Morgan fingerprint density at radius 3 is 1.13 bits per heavy atom. The van der Waals surface area contributed by atoms with Crippen LogP contribution in [0.1, 0.15) is 52.7 Å². The van der Waals surface area contributed by atoms with Crippen molar-refractivity contribution in [1.29, 1.82) is 0 Å². The highest BCUT2D eigenvalue weighted by Gasteiger charge is 2.28. The Balaban J connectivity index is 2.36. The average molecular weight is 332 g/mol. The number of benzene rings is 2. The standard InChI is InChI=1S/C20H26FOP/c1-19(2,3)15-7-11-17(12-8-15)23(21,22)18-13-9-16(10-14-18)20(4,5)6/h7-14H,1-6H3. The van der Waals surface area contributed by atoms with Gasteiger partial charge in [-0.3, -0.25) is 4.57 Å². The SMILES string of the molecule is CC(C)(C)c1ccc(P(=O)(F)c2ccc(C(C)(C)C)cc2)cc1. The molecule has 0 heterocycles. The third-order valence-corrected chi connectivity index (χ3v) is 6.06. The highest BCUT2D eigenvalue weighted by Crippen LogP contribution is 2.45. The smallest absolute Gasteiger partial charge is 0.277 e. The summed E-state index contributed by atoms with van der Waals surface area (Å²) < 4.78 is 27.6. The van der Waals surface area contributed by atoms with Crippen molar-refractivity contribution in [2.75, 3.05) is 0 Å². The fourth-order valence-electron chi connectivity index (χ4n) is 2.46. The number of rotatable bonds is 2. The number of halogens is 1. The molecule has 0 atom stereocenters. The van der Waals surface area contributed by atoms with Gasteiger partial charge in [0.1, 0.15) is 0 Å². The van der Waals surface area contributed by atoms with Gasteiger partial charge in [-0.25, -0.2) is 0 Å². The fraction of sp³-hybridized carbons (Fsp3) is 0.400.